The van der Waals surface area contributed by atoms with Crippen molar-refractivity contribution < 1.29 is 9.53 Å². The van der Waals surface area contributed by atoms with Gasteiger partial charge in [0, 0.05) is 17.2 Å². The predicted octanol–water partition coefficient (Wildman–Crippen LogP) is 1.49. The van der Waals surface area contributed by atoms with E-state index < -0.39 is 0 Å². The summed E-state index contributed by atoms with van der Waals surface area (Å²) >= 11 is 0. The molecule has 1 aromatic heterocycles. The first-order valence-electron chi connectivity index (χ1n) is 5.48. The Labute approximate surface area is 88.0 Å². The summed E-state index contributed by atoms with van der Waals surface area (Å²) in [6.07, 6.45) is 0.992. The molecule has 3 rings (SSSR count). The molecule has 0 radical (unpaired) electrons. The highest BCUT2D eigenvalue weighted by Crippen LogP contribution is 2.60. The SMILES string of the molecule is CCOC(=O)c1n[nH]c2c1CC1C(C)C21. The maximum Gasteiger partial charge on any atom is 0.359 e. The van der Waals surface area contributed by atoms with Crippen molar-refractivity contribution >= 4 is 5.97 Å². The zero-order valence-corrected chi connectivity index (χ0v) is 8.91. The van der Waals surface area contributed by atoms with Crippen molar-refractivity contribution in [2.75, 3.05) is 6.61 Å². The Hall–Kier alpha value is -1.32. The van der Waals surface area contributed by atoms with Gasteiger partial charge in [-0.1, -0.05) is 6.92 Å². The minimum absolute atomic E-state index is 0.288. The molecule has 1 saturated carbocycles. The molecule has 2 aliphatic rings. The Morgan fingerprint density at radius 2 is 2.47 bits per heavy atom. The van der Waals surface area contributed by atoms with Gasteiger partial charge >= 0.3 is 5.97 Å². The van der Waals surface area contributed by atoms with Gasteiger partial charge in [-0.3, -0.25) is 5.10 Å². The van der Waals surface area contributed by atoms with Crippen molar-refractivity contribution in [2.24, 2.45) is 11.8 Å². The second kappa shape index (κ2) is 2.84. The fraction of sp³-hybridized carbons (Fsp3) is 0.636. The second-order valence-electron chi connectivity index (χ2n) is 4.44. The van der Waals surface area contributed by atoms with E-state index in [9.17, 15) is 4.79 Å². The van der Waals surface area contributed by atoms with Crippen LogP contribution in [0.5, 0.6) is 0 Å². The molecular weight excluding hydrogens is 192 g/mol. The third kappa shape index (κ3) is 1.07. The molecule has 80 valence electrons. The van der Waals surface area contributed by atoms with Gasteiger partial charge in [-0.05, 0) is 25.2 Å². The zero-order valence-electron chi connectivity index (χ0n) is 8.91. The number of nitrogens with one attached hydrogen (secondary N) is 1. The second-order valence-corrected chi connectivity index (χ2v) is 4.44. The minimum atomic E-state index is -0.288. The van der Waals surface area contributed by atoms with Gasteiger partial charge in [0.25, 0.3) is 0 Å². The van der Waals surface area contributed by atoms with Gasteiger partial charge in [0.15, 0.2) is 5.69 Å². The molecule has 1 heterocycles. The van der Waals surface area contributed by atoms with E-state index in [-0.39, 0.29) is 5.97 Å². The summed E-state index contributed by atoms with van der Waals surface area (Å²) in [5.74, 6) is 1.83. The minimum Gasteiger partial charge on any atom is -0.461 e. The lowest BCUT2D eigenvalue weighted by molar-refractivity contribution is 0.0518. The highest BCUT2D eigenvalue weighted by Gasteiger charge is 2.55. The van der Waals surface area contributed by atoms with E-state index in [4.69, 9.17) is 4.74 Å². The van der Waals surface area contributed by atoms with Gasteiger partial charge in [-0.15, -0.1) is 0 Å². The van der Waals surface area contributed by atoms with Crippen LogP contribution >= 0.6 is 0 Å². The molecule has 4 nitrogen and oxygen atoms in total. The highest BCUT2D eigenvalue weighted by atomic mass is 16.5. The summed E-state index contributed by atoms with van der Waals surface area (Å²) in [6.45, 7) is 4.47. The first-order chi connectivity index (χ1) is 7.24. The van der Waals surface area contributed by atoms with E-state index >= 15 is 0 Å². The van der Waals surface area contributed by atoms with E-state index in [1.807, 2.05) is 6.92 Å². The molecule has 15 heavy (non-hydrogen) atoms. The third-order valence-corrected chi connectivity index (χ3v) is 3.70. The van der Waals surface area contributed by atoms with E-state index in [1.54, 1.807) is 0 Å². The molecule has 1 aromatic rings. The molecule has 0 bridgehead atoms. The number of hydrogen-bond donors (Lipinski definition) is 1. The lowest BCUT2D eigenvalue weighted by Crippen LogP contribution is -2.08. The van der Waals surface area contributed by atoms with Crippen molar-refractivity contribution in [1.29, 1.82) is 0 Å². The molecule has 0 spiro atoms. The molecule has 0 aromatic carbocycles. The van der Waals surface area contributed by atoms with Gasteiger partial charge in [0.05, 0.1) is 6.61 Å². The van der Waals surface area contributed by atoms with Crippen molar-refractivity contribution in [2.45, 2.75) is 26.2 Å². The lowest BCUT2D eigenvalue weighted by Gasteiger charge is -2.01. The average molecular weight is 206 g/mol. The number of nitrogens with zero attached hydrogens (tertiary/aromatic N) is 1. The van der Waals surface area contributed by atoms with E-state index in [0.717, 1.165) is 23.8 Å². The van der Waals surface area contributed by atoms with Gasteiger partial charge in [0.2, 0.25) is 0 Å². The van der Waals surface area contributed by atoms with E-state index in [0.29, 0.717) is 18.2 Å². The van der Waals surface area contributed by atoms with Crippen LogP contribution in [0.2, 0.25) is 0 Å². The summed E-state index contributed by atoms with van der Waals surface area (Å²) < 4.78 is 4.97. The van der Waals surface area contributed by atoms with Gasteiger partial charge in [-0.25, -0.2) is 4.79 Å². The summed E-state index contributed by atoms with van der Waals surface area (Å²) in [4.78, 5) is 11.6. The van der Waals surface area contributed by atoms with Crippen molar-refractivity contribution in [1.82, 2.24) is 10.2 Å². The van der Waals surface area contributed by atoms with Crippen LogP contribution in [-0.2, 0) is 11.2 Å². The topological polar surface area (TPSA) is 55.0 Å². The van der Waals surface area contributed by atoms with Crippen LogP contribution < -0.4 is 0 Å². The Kier molecular flexibility index (Phi) is 1.69. The molecule has 2 aliphatic carbocycles. The number of H-pyrrole nitrogens is 1. The van der Waals surface area contributed by atoms with Crippen molar-refractivity contribution in [3.8, 4) is 0 Å². The van der Waals surface area contributed by atoms with Crippen LogP contribution in [0.15, 0.2) is 0 Å². The Morgan fingerprint density at radius 3 is 3.20 bits per heavy atom. The number of esters is 1. The molecule has 3 atom stereocenters. The normalized spacial score (nSPS) is 30.9. The van der Waals surface area contributed by atoms with Crippen LogP contribution in [0.4, 0.5) is 0 Å². The Morgan fingerprint density at radius 1 is 1.67 bits per heavy atom. The number of carbonyl (C=O) groups excluding carboxylic acids is 1. The molecule has 1 N–H and O–H groups in total. The number of aromatic amines is 1. The molecule has 0 amide bonds. The number of aromatic nitrogens is 2. The number of carbonyl (C=O) groups is 1. The summed E-state index contributed by atoms with van der Waals surface area (Å²) in [7, 11) is 0. The van der Waals surface area contributed by atoms with Crippen molar-refractivity contribution in [3.05, 3.63) is 17.0 Å². The summed E-state index contributed by atoms with van der Waals surface area (Å²) in [6, 6.07) is 0. The first-order valence-corrected chi connectivity index (χ1v) is 5.48. The average Bonchev–Trinajstić information content (AvgIpc) is 2.63. The van der Waals surface area contributed by atoms with Gasteiger partial charge in [-0.2, -0.15) is 5.10 Å². The first kappa shape index (κ1) is 8.95. The Balaban J connectivity index is 1.91. The maximum atomic E-state index is 11.6. The lowest BCUT2D eigenvalue weighted by atomic mass is 10.1. The molecule has 0 aliphatic heterocycles. The van der Waals surface area contributed by atoms with Crippen LogP contribution in [0.25, 0.3) is 0 Å². The van der Waals surface area contributed by atoms with Crippen LogP contribution in [0, 0.1) is 11.8 Å². The van der Waals surface area contributed by atoms with Crippen LogP contribution in [0.1, 0.15) is 41.5 Å². The molecule has 4 heteroatoms. The van der Waals surface area contributed by atoms with E-state index in [1.165, 1.54) is 5.69 Å². The van der Waals surface area contributed by atoms with E-state index in [2.05, 4.69) is 17.1 Å². The third-order valence-electron chi connectivity index (χ3n) is 3.70. The molecule has 1 fully saturated rings. The largest absolute Gasteiger partial charge is 0.461 e. The quantitative estimate of drug-likeness (QED) is 0.746. The van der Waals surface area contributed by atoms with Gasteiger partial charge in [0.1, 0.15) is 0 Å². The summed E-state index contributed by atoms with van der Waals surface area (Å²) in [5.41, 5.74) is 2.78. The maximum absolute atomic E-state index is 11.6. The number of rotatable bonds is 2. The molecular formula is C11H14N2O2. The number of hydrogen-bond acceptors (Lipinski definition) is 3. The highest BCUT2D eigenvalue weighted by molar-refractivity contribution is 5.89. The fourth-order valence-corrected chi connectivity index (χ4v) is 2.80. The monoisotopic (exact) mass is 206 g/mol. The standard InChI is InChI=1S/C11H14N2O2/c1-3-15-11(14)10-7-4-6-5(2)8(6)9(7)12-13-10/h5-6,8H,3-4H2,1-2H3,(H,12,13). The fourth-order valence-electron chi connectivity index (χ4n) is 2.80. The smallest absolute Gasteiger partial charge is 0.359 e. The van der Waals surface area contributed by atoms with Gasteiger partial charge < -0.3 is 4.74 Å². The molecule has 3 unspecified atom stereocenters. The Bertz CT molecular complexity index is 424. The van der Waals surface area contributed by atoms with Crippen molar-refractivity contribution in [3.63, 3.8) is 0 Å². The number of ether oxygens (including phenoxy) is 1. The zero-order chi connectivity index (χ0) is 10.6. The predicted molar refractivity (Wildman–Crippen MR) is 53.6 cm³/mol. The van der Waals surface area contributed by atoms with Crippen LogP contribution in [-0.4, -0.2) is 22.8 Å². The molecule has 0 saturated heterocycles. The number of fused-ring (bicyclic) bond motifs is 3. The van der Waals surface area contributed by atoms with Crippen LogP contribution in [0.3, 0.4) is 0 Å². The summed E-state index contributed by atoms with van der Waals surface area (Å²) in [5, 5.41) is 7.06.